The molecule has 0 spiro atoms. The Kier molecular flexibility index (Phi) is 5.56. The number of nitrogens with one attached hydrogen (secondary N) is 1. The quantitative estimate of drug-likeness (QED) is 0.476. The fraction of sp³-hybridized carbons (Fsp3) is 0.0625. The molecule has 5 N–H and O–H groups in total. The standard InChI is InChI=1S/C16H14N4O4S3/c17-15(19-10-6-8-12(9-7-10)27(18,23)24)25-14-13(21)20(16(22)26-14)11-4-2-1-3-5-11/h1-9,14H,(H2,17,19)(H2,18,23,24)/p+1. The van der Waals surface area contributed by atoms with E-state index in [9.17, 15) is 18.0 Å². The Bertz CT molecular complexity index is 1010. The van der Waals surface area contributed by atoms with E-state index in [0.29, 0.717) is 11.4 Å². The van der Waals surface area contributed by atoms with Gasteiger partial charge >= 0.3 is 5.17 Å². The Morgan fingerprint density at radius 1 is 1.07 bits per heavy atom. The number of anilines is 1. The molecule has 1 aliphatic heterocycles. The third-order valence-electron chi connectivity index (χ3n) is 3.51. The van der Waals surface area contributed by atoms with E-state index in [-0.39, 0.29) is 21.2 Å². The average molecular weight is 424 g/mol. The Morgan fingerprint density at radius 2 is 1.70 bits per heavy atom. The molecule has 1 heterocycles. The summed E-state index contributed by atoms with van der Waals surface area (Å²) < 4.78 is 21.8. The molecule has 27 heavy (non-hydrogen) atoms. The van der Waals surface area contributed by atoms with Crippen LogP contribution in [0.2, 0.25) is 0 Å². The van der Waals surface area contributed by atoms with Crippen molar-refractivity contribution in [2.45, 2.75) is 9.48 Å². The number of nitrogens with two attached hydrogens (primary N) is 2. The van der Waals surface area contributed by atoms with E-state index in [1.165, 1.54) is 24.3 Å². The molecule has 11 heteroatoms. The van der Waals surface area contributed by atoms with Gasteiger partial charge in [0.05, 0.1) is 10.6 Å². The highest BCUT2D eigenvalue weighted by Crippen LogP contribution is 2.36. The summed E-state index contributed by atoms with van der Waals surface area (Å²) in [6.07, 6.45) is 0. The molecule has 1 fully saturated rings. The molecule has 0 saturated carbocycles. The number of primary sulfonamides is 1. The van der Waals surface area contributed by atoms with Crippen LogP contribution >= 0.6 is 23.5 Å². The lowest BCUT2D eigenvalue weighted by molar-refractivity contribution is -0.351. The zero-order chi connectivity index (χ0) is 19.6. The maximum absolute atomic E-state index is 12.5. The topological polar surface area (TPSA) is 138 Å². The van der Waals surface area contributed by atoms with E-state index in [2.05, 4.69) is 4.99 Å². The SMILES string of the molecule is NC(=[NH+]c1ccc(S(N)(=O)=O)cc1)SC1SC(=O)N(c2ccccc2)C1=O. The van der Waals surface area contributed by atoms with Gasteiger partial charge in [0.1, 0.15) is 5.69 Å². The number of nitrogens with zero attached hydrogens (tertiary/aromatic N) is 1. The Balaban J connectivity index is 1.72. The van der Waals surface area contributed by atoms with Crippen LogP contribution in [-0.2, 0) is 14.8 Å². The van der Waals surface area contributed by atoms with Crippen molar-refractivity contribution in [3.63, 3.8) is 0 Å². The highest BCUT2D eigenvalue weighted by Gasteiger charge is 2.42. The van der Waals surface area contributed by atoms with Gasteiger partial charge in [-0.25, -0.2) is 23.4 Å². The molecule has 1 atom stereocenters. The number of benzene rings is 2. The first-order valence-corrected chi connectivity index (χ1v) is 10.8. The zero-order valence-electron chi connectivity index (χ0n) is 13.7. The molecule has 8 nitrogen and oxygen atoms in total. The van der Waals surface area contributed by atoms with Crippen LogP contribution in [0, 0.1) is 0 Å². The molecule has 0 bridgehead atoms. The molecule has 2 amide bonds. The molecular weight excluding hydrogens is 408 g/mol. The molecule has 0 aliphatic carbocycles. The number of hydrogen-bond donors (Lipinski definition) is 3. The highest BCUT2D eigenvalue weighted by atomic mass is 32.2. The number of hydrogen-bond acceptors (Lipinski definition) is 6. The first-order chi connectivity index (χ1) is 12.8. The molecule has 0 aromatic heterocycles. The van der Waals surface area contributed by atoms with Gasteiger partial charge in [-0.05, 0) is 59.9 Å². The van der Waals surface area contributed by atoms with Gasteiger partial charge in [-0.1, -0.05) is 18.2 Å². The van der Waals surface area contributed by atoms with Gasteiger partial charge in [0.2, 0.25) is 10.0 Å². The molecule has 140 valence electrons. The molecule has 0 radical (unpaired) electrons. The van der Waals surface area contributed by atoms with Gasteiger partial charge in [-0.3, -0.25) is 15.3 Å². The number of amides is 2. The predicted octanol–water partition coefficient (Wildman–Crippen LogP) is 0.320. The second-order valence-corrected chi connectivity index (χ2v) is 9.46. The first kappa shape index (κ1) is 19.4. The Hall–Kier alpha value is -2.34. The fourth-order valence-corrected chi connectivity index (χ4v) is 4.86. The zero-order valence-corrected chi connectivity index (χ0v) is 16.2. The number of thioether (sulfide) groups is 2. The van der Waals surface area contributed by atoms with Gasteiger partial charge in [0.15, 0.2) is 4.58 Å². The van der Waals surface area contributed by atoms with E-state index in [0.717, 1.165) is 28.4 Å². The Morgan fingerprint density at radius 3 is 2.30 bits per heavy atom. The number of carbonyl (C=O) groups excluding carboxylic acids is 2. The smallest absolute Gasteiger partial charge is 0.281 e. The van der Waals surface area contributed by atoms with Crippen LogP contribution in [0.5, 0.6) is 0 Å². The lowest BCUT2D eigenvalue weighted by atomic mass is 10.3. The molecular formula is C16H15N4O4S3+. The largest absolute Gasteiger partial charge is 0.308 e. The monoisotopic (exact) mass is 423 g/mol. The van der Waals surface area contributed by atoms with Crippen molar-refractivity contribution in [1.82, 2.24) is 0 Å². The van der Waals surface area contributed by atoms with E-state index in [4.69, 9.17) is 10.9 Å². The van der Waals surface area contributed by atoms with Gasteiger partial charge in [-0.15, -0.1) is 0 Å². The average Bonchev–Trinajstić information content (AvgIpc) is 2.88. The summed E-state index contributed by atoms with van der Waals surface area (Å²) >= 11 is 1.90. The number of sulfonamides is 1. The molecule has 3 rings (SSSR count). The third kappa shape index (κ3) is 4.50. The molecule has 1 saturated heterocycles. The molecule has 2 aromatic carbocycles. The molecule has 2 aromatic rings. The van der Waals surface area contributed by atoms with Crippen molar-refractivity contribution in [3.8, 4) is 0 Å². The van der Waals surface area contributed by atoms with Crippen LogP contribution in [-0.4, -0.2) is 29.3 Å². The highest BCUT2D eigenvalue weighted by molar-refractivity contribution is 8.31. The lowest BCUT2D eigenvalue weighted by Crippen LogP contribution is -2.68. The van der Waals surface area contributed by atoms with E-state index in [1.54, 1.807) is 30.3 Å². The Labute approximate surface area is 164 Å². The van der Waals surface area contributed by atoms with Crippen LogP contribution in [0.3, 0.4) is 0 Å². The van der Waals surface area contributed by atoms with Gasteiger partial charge in [0, 0.05) is 0 Å². The van der Waals surface area contributed by atoms with Crippen LogP contribution in [0.4, 0.5) is 16.2 Å². The second-order valence-electron chi connectivity index (χ2n) is 5.40. The minimum Gasteiger partial charge on any atom is -0.281 e. The summed E-state index contributed by atoms with van der Waals surface area (Å²) in [6, 6.07) is 14.3. The van der Waals surface area contributed by atoms with E-state index >= 15 is 0 Å². The van der Waals surface area contributed by atoms with Crippen molar-refractivity contribution >= 4 is 61.2 Å². The van der Waals surface area contributed by atoms with Gasteiger partial charge in [-0.2, -0.15) is 0 Å². The van der Waals surface area contributed by atoms with Crippen LogP contribution in [0.1, 0.15) is 0 Å². The maximum Gasteiger partial charge on any atom is 0.308 e. The van der Waals surface area contributed by atoms with Crippen molar-refractivity contribution in [1.29, 1.82) is 0 Å². The van der Waals surface area contributed by atoms with Gasteiger partial charge in [0.25, 0.3) is 11.1 Å². The van der Waals surface area contributed by atoms with Crippen LogP contribution < -0.4 is 20.8 Å². The van der Waals surface area contributed by atoms with Crippen molar-refractivity contribution in [2.24, 2.45) is 10.9 Å². The molecule has 1 unspecified atom stereocenters. The predicted molar refractivity (Wildman–Crippen MR) is 106 cm³/mol. The minimum absolute atomic E-state index is 0.0232. The summed E-state index contributed by atoms with van der Waals surface area (Å²) in [4.78, 5) is 28.7. The first-order valence-electron chi connectivity index (χ1n) is 7.54. The lowest BCUT2D eigenvalue weighted by Gasteiger charge is -2.12. The number of amidine groups is 1. The summed E-state index contributed by atoms with van der Waals surface area (Å²) in [5, 5.41) is 4.88. The van der Waals surface area contributed by atoms with Gasteiger partial charge < -0.3 is 0 Å². The normalized spacial score (nSPS) is 18.2. The van der Waals surface area contributed by atoms with Crippen molar-refractivity contribution in [2.75, 3.05) is 4.90 Å². The van der Waals surface area contributed by atoms with E-state index in [1.807, 2.05) is 0 Å². The fourth-order valence-electron chi connectivity index (χ4n) is 2.29. The number of carbonyl (C=O) groups is 2. The summed E-state index contributed by atoms with van der Waals surface area (Å²) in [7, 11) is -3.77. The summed E-state index contributed by atoms with van der Waals surface area (Å²) in [6.45, 7) is 0. The number of imide groups is 1. The maximum atomic E-state index is 12.5. The second kappa shape index (κ2) is 7.72. The minimum atomic E-state index is -3.77. The van der Waals surface area contributed by atoms with Crippen LogP contribution in [0.25, 0.3) is 0 Å². The number of rotatable bonds is 4. The summed E-state index contributed by atoms with van der Waals surface area (Å²) in [5.41, 5.74) is 6.96. The third-order valence-corrected chi connectivity index (χ3v) is 6.59. The van der Waals surface area contributed by atoms with Crippen molar-refractivity contribution < 1.29 is 23.0 Å². The van der Waals surface area contributed by atoms with Crippen molar-refractivity contribution in [3.05, 3.63) is 54.6 Å². The van der Waals surface area contributed by atoms with Crippen LogP contribution in [0.15, 0.2) is 59.5 Å². The summed E-state index contributed by atoms with van der Waals surface area (Å²) in [5.74, 6) is -0.365. The molecule has 1 aliphatic rings. The van der Waals surface area contributed by atoms with E-state index < -0.39 is 14.6 Å². The number of para-hydroxylation sites is 1.